The summed E-state index contributed by atoms with van der Waals surface area (Å²) in [7, 11) is 0. The highest BCUT2D eigenvalue weighted by molar-refractivity contribution is 6.12. The van der Waals surface area contributed by atoms with Gasteiger partial charge in [-0.15, -0.1) is 0 Å². The summed E-state index contributed by atoms with van der Waals surface area (Å²) >= 11 is 0. The number of hydrogen-bond acceptors (Lipinski definition) is 2. The van der Waals surface area contributed by atoms with Gasteiger partial charge in [0, 0.05) is 49.9 Å². The van der Waals surface area contributed by atoms with Crippen molar-refractivity contribution < 1.29 is 4.42 Å². The maximum Gasteiger partial charge on any atom is 0.143 e. The predicted octanol–water partition coefficient (Wildman–Crippen LogP) is 16.8. The Kier molecular flexibility index (Phi) is 8.83. The standard InChI is InChI=1S/C60H40N2O/c1-3-15-41(16-4-1)45-19-13-20-46(37-45)43-29-33-48(34-30-43)61(50-22-14-21-47(38-50)42-17-5-2-6-18-42)51-39-55(60-56(40-51)54-25-9-12-28-59(54)63-60)44-31-35-49(36-32-44)62-57-26-10-7-23-52(57)53-24-8-11-27-58(53)62/h1-40H. The van der Waals surface area contributed by atoms with Gasteiger partial charge in [0.05, 0.1) is 11.0 Å². The second kappa shape index (κ2) is 15.3. The van der Waals surface area contributed by atoms with Crippen LogP contribution in [0.25, 0.3) is 93.9 Å². The third kappa shape index (κ3) is 6.46. The fourth-order valence-corrected chi connectivity index (χ4v) is 9.36. The van der Waals surface area contributed by atoms with E-state index in [-0.39, 0.29) is 0 Å². The summed E-state index contributed by atoms with van der Waals surface area (Å²) in [4.78, 5) is 2.38. The van der Waals surface area contributed by atoms with Gasteiger partial charge in [0.2, 0.25) is 0 Å². The summed E-state index contributed by atoms with van der Waals surface area (Å²) in [6.45, 7) is 0. The molecule has 2 heterocycles. The van der Waals surface area contributed by atoms with Crippen LogP contribution < -0.4 is 4.90 Å². The van der Waals surface area contributed by atoms with Crippen LogP contribution in [0.15, 0.2) is 247 Å². The number of furan rings is 1. The van der Waals surface area contributed by atoms with Crippen molar-refractivity contribution in [3.8, 4) is 50.2 Å². The Bertz CT molecular complexity index is 3550. The number of hydrogen-bond donors (Lipinski definition) is 0. The zero-order valence-electron chi connectivity index (χ0n) is 34.4. The van der Waals surface area contributed by atoms with E-state index >= 15 is 0 Å². The largest absolute Gasteiger partial charge is 0.455 e. The van der Waals surface area contributed by atoms with E-state index < -0.39 is 0 Å². The molecule has 0 unspecified atom stereocenters. The molecule has 10 aromatic carbocycles. The Morgan fingerprint density at radius 2 is 0.810 bits per heavy atom. The smallest absolute Gasteiger partial charge is 0.143 e. The number of rotatable bonds is 8. The topological polar surface area (TPSA) is 21.3 Å². The molecule has 0 aliphatic heterocycles. The monoisotopic (exact) mass is 804 g/mol. The molecule has 0 N–H and O–H groups in total. The van der Waals surface area contributed by atoms with Crippen molar-refractivity contribution >= 4 is 60.8 Å². The molecule has 3 nitrogen and oxygen atoms in total. The summed E-state index contributed by atoms with van der Waals surface area (Å²) in [5.74, 6) is 0. The van der Waals surface area contributed by atoms with Crippen molar-refractivity contribution in [2.24, 2.45) is 0 Å². The first-order chi connectivity index (χ1) is 31.2. The normalized spacial score (nSPS) is 11.5. The lowest BCUT2D eigenvalue weighted by molar-refractivity contribution is 0.670. The lowest BCUT2D eigenvalue weighted by Crippen LogP contribution is -2.10. The van der Waals surface area contributed by atoms with Crippen LogP contribution in [-0.2, 0) is 0 Å². The van der Waals surface area contributed by atoms with Crippen LogP contribution in [0, 0.1) is 0 Å². The van der Waals surface area contributed by atoms with Crippen LogP contribution in [-0.4, -0.2) is 4.57 Å². The molecule has 0 bridgehead atoms. The molecule has 2 aromatic heterocycles. The molecule has 3 heteroatoms. The molecule has 12 rings (SSSR count). The van der Waals surface area contributed by atoms with Crippen LogP contribution in [0.3, 0.4) is 0 Å². The third-order valence-electron chi connectivity index (χ3n) is 12.4. The Hall–Kier alpha value is -8.40. The van der Waals surface area contributed by atoms with Crippen LogP contribution in [0.5, 0.6) is 0 Å². The quantitative estimate of drug-likeness (QED) is 0.153. The molecule has 0 radical (unpaired) electrons. The maximum atomic E-state index is 6.76. The number of benzene rings is 10. The lowest BCUT2D eigenvalue weighted by Gasteiger charge is -2.27. The van der Waals surface area contributed by atoms with E-state index in [2.05, 4.69) is 246 Å². The van der Waals surface area contributed by atoms with Crippen molar-refractivity contribution in [1.29, 1.82) is 0 Å². The molecular formula is C60H40N2O. The van der Waals surface area contributed by atoms with Crippen LogP contribution in [0.2, 0.25) is 0 Å². The number of nitrogens with zero attached hydrogens (tertiary/aromatic N) is 2. The molecule has 0 saturated heterocycles. The van der Waals surface area contributed by atoms with E-state index in [1.54, 1.807) is 0 Å². The predicted molar refractivity (Wildman–Crippen MR) is 264 cm³/mol. The Morgan fingerprint density at radius 3 is 1.46 bits per heavy atom. The van der Waals surface area contributed by atoms with E-state index in [4.69, 9.17) is 4.42 Å². The van der Waals surface area contributed by atoms with Gasteiger partial charge in [0.25, 0.3) is 0 Å². The van der Waals surface area contributed by atoms with Gasteiger partial charge >= 0.3 is 0 Å². The van der Waals surface area contributed by atoms with Crippen LogP contribution in [0.1, 0.15) is 0 Å². The molecule has 63 heavy (non-hydrogen) atoms. The van der Waals surface area contributed by atoms with E-state index in [0.717, 1.165) is 66.9 Å². The number of aromatic nitrogens is 1. The highest BCUT2D eigenvalue weighted by Crippen LogP contribution is 2.45. The van der Waals surface area contributed by atoms with E-state index in [1.165, 1.54) is 44.1 Å². The average Bonchev–Trinajstić information content (AvgIpc) is 3.91. The third-order valence-corrected chi connectivity index (χ3v) is 12.4. The van der Waals surface area contributed by atoms with Gasteiger partial charge in [-0.2, -0.15) is 0 Å². The molecule has 296 valence electrons. The summed E-state index contributed by atoms with van der Waals surface area (Å²) in [6.07, 6.45) is 0. The van der Waals surface area contributed by atoms with Gasteiger partial charge in [-0.1, -0.05) is 170 Å². The van der Waals surface area contributed by atoms with E-state index in [1.807, 2.05) is 6.07 Å². The zero-order chi connectivity index (χ0) is 41.7. The fraction of sp³-hybridized carbons (Fsp3) is 0. The molecule has 0 fully saturated rings. The van der Waals surface area contributed by atoms with Gasteiger partial charge in [0.15, 0.2) is 0 Å². The minimum absolute atomic E-state index is 0.868. The van der Waals surface area contributed by atoms with Crippen molar-refractivity contribution in [3.63, 3.8) is 0 Å². The first kappa shape index (κ1) is 36.5. The Labute approximate surface area is 366 Å². The summed E-state index contributed by atoms with van der Waals surface area (Å²) in [6, 6.07) is 87.1. The van der Waals surface area contributed by atoms with Gasteiger partial charge < -0.3 is 13.9 Å². The van der Waals surface area contributed by atoms with Crippen molar-refractivity contribution in [2.75, 3.05) is 4.90 Å². The molecule has 0 spiro atoms. The molecule has 0 aliphatic carbocycles. The van der Waals surface area contributed by atoms with Gasteiger partial charge in [-0.3, -0.25) is 0 Å². The number of anilines is 3. The van der Waals surface area contributed by atoms with Crippen LogP contribution in [0.4, 0.5) is 17.1 Å². The summed E-state index contributed by atoms with van der Waals surface area (Å²) in [5, 5.41) is 4.66. The van der Waals surface area contributed by atoms with E-state index in [9.17, 15) is 0 Å². The minimum Gasteiger partial charge on any atom is -0.455 e. The fourth-order valence-electron chi connectivity index (χ4n) is 9.36. The molecular weight excluding hydrogens is 765 g/mol. The first-order valence-corrected chi connectivity index (χ1v) is 21.5. The highest BCUT2D eigenvalue weighted by atomic mass is 16.3. The Morgan fingerprint density at radius 1 is 0.302 bits per heavy atom. The summed E-state index contributed by atoms with van der Waals surface area (Å²) < 4.78 is 9.13. The lowest BCUT2D eigenvalue weighted by atomic mass is 9.98. The Balaban J connectivity index is 1.02. The molecule has 0 aliphatic rings. The highest BCUT2D eigenvalue weighted by Gasteiger charge is 2.21. The second-order valence-electron chi connectivity index (χ2n) is 16.1. The van der Waals surface area contributed by atoms with Gasteiger partial charge in [0.1, 0.15) is 11.2 Å². The number of para-hydroxylation sites is 3. The van der Waals surface area contributed by atoms with Crippen molar-refractivity contribution in [3.05, 3.63) is 243 Å². The minimum atomic E-state index is 0.868. The van der Waals surface area contributed by atoms with Gasteiger partial charge in [-0.05, 0) is 112 Å². The second-order valence-corrected chi connectivity index (χ2v) is 16.1. The van der Waals surface area contributed by atoms with Crippen LogP contribution >= 0.6 is 0 Å². The maximum absolute atomic E-state index is 6.76. The molecule has 0 saturated carbocycles. The van der Waals surface area contributed by atoms with E-state index in [0.29, 0.717) is 0 Å². The zero-order valence-corrected chi connectivity index (χ0v) is 34.4. The number of fused-ring (bicyclic) bond motifs is 6. The molecule has 12 aromatic rings. The SMILES string of the molecule is c1ccc(-c2cccc(-c3ccc(N(c4cccc(-c5ccccc5)c4)c4cc(-c5ccc(-n6c7ccccc7c7ccccc76)cc5)c5oc6ccccc6c5c4)cc3)c2)cc1. The first-order valence-electron chi connectivity index (χ1n) is 21.5. The van der Waals surface area contributed by atoms with Crippen molar-refractivity contribution in [1.82, 2.24) is 4.57 Å². The molecule has 0 amide bonds. The summed E-state index contributed by atoms with van der Waals surface area (Å²) in [5.41, 5.74) is 17.6. The van der Waals surface area contributed by atoms with Crippen molar-refractivity contribution in [2.45, 2.75) is 0 Å². The average molecular weight is 805 g/mol. The van der Waals surface area contributed by atoms with Gasteiger partial charge in [-0.25, -0.2) is 0 Å². The molecule has 0 atom stereocenters.